The van der Waals surface area contributed by atoms with Gasteiger partial charge in [0, 0.05) is 18.5 Å². The first-order chi connectivity index (χ1) is 9.95. The van der Waals surface area contributed by atoms with Crippen LogP contribution in [0.25, 0.3) is 0 Å². The van der Waals surface area contributed by atoms with Crippen LogP contribution in [-0.4, -0.2) is 34.5 Å². The van der Waals surface area contributed by atoms with E-state index >= 15 is 0 Å². The Morgan fingerprint density at radius 1 is 1.29 bits per heavy atom. The van der Waals surface area contributed by atoms with Crippen LogP contribution in [0.2, 0.25) is 0 Å². The zero-order chi connectivity index (χ0) is 15.2. The topological polar surface area (TPSA) is 57.6 Å². The van der Waals surface area contributed by atoms with Crippen molar-refractivity contribution in [3.05, 3.63) is 35.4 Å². The Balaban J connectivity index is 1.80. The molecule has 1 amide bonds. The van der Waals surface area contributed by atoms with Gasteiger partial charge in [0.15, 0.2) is 0 Å². The van der Waals surface area contributed by atoms with E-state index in [1.165, 1.54) is 11.1 Å². The molecule has 1 aliphatic carbocycles. The monoisotopic (exact) mass is 287 g/mol. The molecule has 112 valence electrons. The summed E-state index contributed by atoms with van der Waals surface area (Å²) < 4.78 is 0. The lowest BCUT2D eigenvalue weighted by Crippen LogP contribution is -2.42. The van der Waals surface area contributed by atoms with Gasteiger partial charge >= 0.3 is 5.97 Å². The summed E-state index contributed by atoms with van der Waals surface area (Å²) in [6.07, 6.45) is 1.88. The minimum Gasteiger partial charge on any atom is -0.480 e. The molecule has 0 aromatic heterocycles. The first-order valence-corrected chi connectivity index (χ1v) is 7.56. The van der Waals surface area contributed by atoms with E-state index in [0.29, 0.717) is 25.3 Å². The van der Waals surface area contributed by atoms with Crippen LogP contribution in [-0.2, 0) is 9.59 Å². The van der Waals surface area contributed by atoms with E-state index < -0.39 is 11.4 Å². The van der Waals surface area contributed by atoms with Crippen molar-refractivity contribution in [1.29, 1.82) is 0 Å². The smallest absolute Gasteiger partial charge is 0.319 e. The van der Waals surface area contributed by atoms with Gasteiger partial charge in [-0.15, -0.1) is 0 Å². The van der Waals surface area contributed by atoms with Crippen LogP contribution in [0.3, 0.4) is 0 Å². The molecule has 1 aromatic carbocycles. The van der Waals surface area contributed by atoms with Crippen molar-refractivity contribution in [3.8, 4) is 0 Å². The minimum absolute atomic E-state index is 0.110. The highest BCUT2D eigenvalue weighted by atomic mass is 16.4. The number of likely N-dealkylation sites (tertiary alicyclic amines) is 1. The average molecular weight is 287 g/mol. The third-order valence-electron chi connectivity index (χ3n) is 5.03. The minimum atomic E-state index is -1.12. The predicted molar refractivity (Wildman–Crippen MR) is 79.0 cm³/mol. The van der Waals surface area contributed by atoms with Gasteiger partial charge in [-0.1, -0.05) is 24.3 Å². The summed E-state index contributed by atoms with van der Waals surface area (Å²) in [6, 6.07) is 8.36. The molecule has 3 rings (SSSR count). The van der Waals surface area contributed by atoms with Crippen molar-refractivity contribution < 1.29 is 14.7 Å². The van der Waals surface area contributed by atoms with Crippen LogP contribution < -0.4 is 0 Å². The number of hydrogen-bond donors (Lipinski definition) is 1. The van der Waals surface area contributed by atoms with Crippen molar-refractivity contribution in [1.82, 2.24) is 4.90 Å². The fraction of sp³-hybridized carbons (Fsp3) is 0.529. The molecule has 21 heavy (non-hydrogen) atoms. The van der Waals surface area contributed by atoms with Crippen LogP contribution >= 0.6 is 0 Å². The lowest BCUT2D eigenvalue weighted by molar-refractivity contribution is -0.153. The van der Waals surface area contributed by atoms with E-state index in [9.17, 15) is 14.7 Å². The number of rotatable bonds is 3. The molecular weight excluding hydrogens is 266 g/mol. The van der Waals surface area contributed by atoms with E-state index in [-0.39, 0.29) is 11.9 Å². The van der Waals surface area contributed by atoms with Gasteiger partial charge in [0.2, 0.25) is 5.91 Å². The standard InChI is InChI=1S/C17H21NO3/c1-11-5-3-4-6-14(11)13-9-12(2)18(10-13)15(19)17(7-8-17)16(20)21/h3-6,12-13H,7-10H2,1-2H3,(H,20,21)/t12-,13-/m0/s1. The largest absolute Gasteiger partial charge is 0.480 e. The van der Waals surface area contributed by atoms with Gasteiger partial charge in [0.25, 0.3) is 0 Å². The average Bonchev–Trinajstić information content (AvgIpc) is 3.17. The number of amides is 1. The summed E-state index contributed by atoms with van der Waals surface area (Å²) in [5, 5.41) is 9.30. The van der Waals surface area contributed by atoms with Gasteiger partial charge in [0.1, 0.15) is 5.41 Å². The number of carbonyl (C=O) groups excluding carboxylic acids is 1. The van der Waals surface area contributed by atoms with Crippen LogP contribution in [0, 0.1) is 12.3 Å². The lowest BCUT2D eigenvalue weighted by atomic mass is 9.93. The first kappa shape index (κ1) is 14.1. The second-order valence-corrected chi connectivity index (χ2v) is 6.48. The Bertz CT molecular complexity index is 591. The maximum absolute atomic E-state index is 12.6. The molecule has 2 aliphatic rings. The van der Waals surface area contributed by atoms with Gasteiger partial charge in [-0.2, -0.15) is 0 Å². The number of carboxylic acid groups (broad SMARTS) is 1. The van der Waals surface area contributed by atoms with Crippen molar-refractivity contribution >= 4 is 11.9 Å². The maximum atomic E-state index is 12.6. The normalized spacial score (nSPS) is 26.7. The molecule has 0 radical (unpaired) electrons. The second kappa shape index (κ2) is 4.86. The zero-order valence-corrected chi connectivity index (χ0v) is 12.5. The lowest BCUT2D eigenvalue weighted by Gasteiger charge is -2.25. The zero-order valence-electron chi connectivity index (χ0n) is 12.5. The van der Waals surface area contributed by atoms with Crippen LogP contribution in [0.4, 0.5) is 0 Å². The summed E-state index contributed by atoms with van der Waals surface area (Å²) in [6.45, 7) is 4.75. The highest BCUT2D eigenvalue weighted by Gasteiger charge is 2.59. The predicted octanol–water partition coefficient (Wildman–Crippen LogP) is 2.56. The van der Waals surface area contributed by atoms with Crippen LogP contribution in [0.5, 0.6) is 0 Å². The van der Waals surface area contributed by atoms with Crippen LogP contribution in [0.1, 0.15) is 43.2 Å². The third-order valence-corrected chi connectivity index (χ3v) is 5.03. The molecular formula is C17H21NO3. The Hall–Kier alpha value is -1.84. The molecule has 4 nitrogen and oxygen atoms in total. The number of carbonyl (C=O) groups is 2. The molecule has 1 saturated carbocycles. The van der Waals surface area contributed by atoms with Gasteiger partial charge in [0.05, 0.1) is 0 Å². The first-order valence-electron chi connectivity index (χ1n) is 7.56. The maximum Gasteiger partial charge on any atom is 0.319 e. The Labute approximate surface area is 124 Å². The van der Waals surface area contributed by atoms with E-state index in [2.05, 4.69) is 19.1 Å². The fourth-order valence-corrected chi connectivity index (χ4v) is 3.50. The van der Waals surface area contributed by atoms with Gasteiger partial charge < -0.3 is 10.0 Å². The number of aryl methyl sites for hydroxylation is 1. The van der Waals surface area contributed by atoms with E-state index in [1.807, 2.05) is 19.1 Å². The molecule has 1 saturated heterocycles. The van der Waals surface area contributed by atoms with E-state index in [4.69, 9.17) is 0 Å². The van der Waals surface area contributed by atoms with Gasteiger partial charge in [-0.25, -0.2) is 0 Å². The molecule has 0 spiro atoms. The molecule has 1 N–H and O–H groups in total. The third kappa shape index (κ3) is 2.23. The highest BCUT2D eigenvalue weighted by Crippen LogP contribution is 2.49. The molecule has 1 heterocycles. The summed E-state index contributed by atoms with van der Waals surface area (Å²) in [7, 11) is 0. The van der Waals surface area contributed by atoms with E-state index in [1.54, 1.807) is 4.90 Å². The van der Waals surface area contributed by atoms with Crippen molar-refractivity contribution in [3.63, 3.8) is 0 Å². The van der Waals surface area contributed by atoms with Crippen molar-refractivity contribution in [2.75, 3.05) is 6.54 Å². The summed E-state index contributed by atoms with van der Waals surface area (Å²) >= 11 is 0. The quantitative estimate of drug-likeness (QED) is 0.869. The molecule has 1 aliphatic heterocycles. The second-order valence-electron chi connectivity index (χ2n) is 6.48. The number of hydrogen-bond acceptors (Lipinski definition) is 2. The molecule has 0 bridgehead atoms. The molecule has 0 unspecified atom stereocenters. The molecule has 4 heteroatoms. The summed E-state index contributed by atoms with van der Waals surface area (Å²) in [5.74, 6) is -0.827. The SMILES string of the molecule is Cc1ccccc1[C@H]1C[C@H](C)N(C(=O)C2(C(=O)O)CC2)C1. The number of carboxylic acids is 1. The summed E-state index contributed by atoms with van der Waals surface area (Å²) in [4.78, 5) is 25.7. The molecule has 2 atom stereocenters. The Morgan fingerprint density at radius 3 is 2.52 bits per heavy atom. The Morgan fingerprint density at radius 2 is 1.95 bits per heavy atom. The molecule has 1 aromatic rings. The number of aliphatic carboxylic acids is 1. The van der Waals surface area contributed by atoms with Gasteiger partial charge in [-0.05, 0) is 44.2 Å². The molecule has 2 fully saturated rings. The fourth-order valence-electron chi connectivity index (χ4n) is 3.50. The van der Waals surface area contributed by atoms with Crippen molar-refractivity contribution in [2.24, 2.45) is 5.41 Å². The number of benzene rings is 1. The van der Waals surface area contributed by atoms with Crippen molar-refractivity contribution in [2.45, 2.75) is 45.1 Å². The number of nitrogens with zero attached hydrogens (tertiary/aromatic N) is 1. The van der Waals surface area contributed by atoms with Gasteiger partial charge in [-0.3, -0.25) is 9.59 Å². The summed E-state index contributed by atoms with van der Waals surface area (Å²) in [5.41, 5.74) is 1.40. The van der Waals surface area contributed by atoms with E-state index in [0.717, 1.165) is 6.42 Å². The van der Waals surface area contributed by atoms with Crippen LogP contribution in [0.15, 0.2) is 24.3 Å². The Kier molecular flexibility index (Phi) is 3.27. The highest BCUT2D eigenvalue weighted by molar-refractivity contribution is 6.05.